The van der Waals surface area contributed by atoms with Gasteiger partial charge >= 0.3 is 0 Å². The molecule has 0 unspecified atom stereocenters. The number of hydrogen-bond acceptors (Lipinski definition) is 4. The zero-order valence-electron chi connectivity index (χ0n) is 13.8. The van der Waals surface area contributed by atoms with Crippen molar-refractivity contribution in [1.29, 1.82) is 0 Å². The van der Waals surface area contributed by atoms with Gasteiger partial charge in [-0.2, -0.15) is 0 Å². The van der Waals surface area contributed by atoms with Crippen molar-refractivity contribution >= 4 is 24.0 Å². The molecule has 0 aromatic heterocycles. The zero-order chi connectivity index (χ0) is 17.4. The third-order valence-electron chi connectivity index (χ3n) is 3.68. The Morgan fingerprint density at radius 1 is 1.08 bits per heavy atom. The van der Waals surface area contributed by atoms with Crippen molar-refractivity contribution in [1.82, 2.24) is 4.90 Å². The average Bonchev–Trinajstić information content (AvgIpc) is 2.59. The van der Waals surface area contributed by atoms with E-state index in [0.717, 1.165) is 5.56 Å². The van der Waals surface area contributed by atoms with Crippen LogP contribution >= 0.6 is 12.4 Å². The second-order valence-electron chi connectivity index (χ2n) is 5.55. The summed E-state index contributed by atoms with van der Waals surface area (Å²) in [4.78, 5) is 24.8. The predicted octanol–water partition coefficient (Wildman–Crippen LogP) is 2.94. The lowest BCUT2D eigenvalue weighted by Gasteiger charge is -2.23. The maximum absolute atomic E-state index is 12.6. The van der Waals surface area contributed by atoms with Crippen molar-refractivity contribution in [3.63, 3.8) is 0 Å². The highest BCUT2D eigenvalue weighted by Gasteiger charge is 2.15. The summed E-state index contributed by atoms with van der Waals surface area (Å²) in [5, 5.41) is 10.9. The predicted molar refractivity (Wildman–Crippen MR) is 99.6 cm³/mol. The van der Waals surface area contributed by atoms with E-state index in [1.807, 2.05) is 30.3 Å². The van der Waals surface area contributed by atoms with E-state index in [4.69, 9.17) is 5.73 Å². The molecule has 0 radical (unpaired) electrons. The minimum absolute atomic E-state index is 0. The molecule has 0 aliphatic carbocycles. The molecule has 0 bridgehead atoms. The highest BCUT2D eigenvalue weighted by molar-refractivity contribution is 5.85. The number of nitrogens with zero attached hydrogens (tertiary/aromatic N) is 2. The fraction of sp³-hybridized carbons (Fsp3) is 0.278. The molecule has 0 atom stereocenters. The highest BCUT2D eigenvalue weighted by Crippen LogP contribution is 2.15. The van der Waals surface area contributed by atoms with Gasteiger partial charge in [-0.25, -0.2) is 0 Å². The van der Waals surface area contributed by atoms with Crippen molar-refractivity contribution in [3.05, 3.63) is 75.8 Å². The zero-order valence-corrected chi connectivity index (χ0v) is 14.7. The number of nitrogens with two attached hydrogens (primary N) is 1. The van der Waals surface area contributed by atoms with E-state index in [1.54, 1.807) is 17.0 Å². The summed E-state index contributed by atoms with van der Waals surface area (Å²) in [6, 6.07) is 15.9. The minimum Gasteiger partial charge on any atom is -0.338 e. The Morgan fingerprint density at radius 3 is 2.40 bits per heavy atom. The molecule has 0 heterocycles. The molecule has 2 rings (SSSR count). The van der Waals surface area contributed by atoms with Gasteiger partial charge < -0.3 is 10.6 Å². The first-order valence-corrected chi connectivity index (χ1v) is 7.85. The molecule has 2 N–H and O–H groups in total. The van der Waals surface area contributed by atoms with Crippen molar-refractivity contribution in [2.75, 3.05) is 13.1 Å². The molecular formula is C18H22ClN3O3. The molecule has 0 aliphatic rings. The van der Waals surface area contributed by atoms with Gasteiger partial charge in [-0.3, -0.25) is 14.9 Å². The van der Waals surface area contributed by atoms with E-state index in [-0.39, 0.29) is 30.4 Å². The molecule has 0 fully saturated rings. The van der Waals surface area contributed by atoms with E-state index in [0.29, 0.717) is 31.6 Å². The number of carbonyl (C=O) groups is 1. The monoisotopic (exact) mass is 363 g/mol. The molecule has 6 nitrogen and oxygen atoms in total. The smallest absolute Gasteiger partial charge is 0.269 e. The number of benzene rings is 2. The summed E-state index contributed by atoms with van der Waals surface area (Å²) in [6.45, 7) is 1.59. The second kappa shape index (κ2) is 10.4. The first-order valence-electron chi connectivity index (χ1n) is 7.85. The third-order valence-corrected chi connectivity index (χ3v) is 3.68. The van der Waals surface area contributed by atoms with Crippen LogP contribution in [-0.2, 0) is 17.8 Å². The van der Waals surface area contributed by atoms with E-state index in [2.05, 4.69) is 0 Å². The summed E-state index contributed by atoms with van der Waals surface area (Å²) in [6.07, 6.45) is 0.854. The van der Waals surface area contributed by atoms with Gasteiger partial charge in [0.1, 0.15) is 0 Å². The lowest BCUT2D eigenvalue weighted by molar-refractivity contribution is -0.384. The molecule has 0 aliphatic heterocycles. The van der Waals surface area contributed by atoms with Crippen LogP contribution in [0.2, 0.25) is 0 Å². The fourth-order valence-corrected chi connectivity index (χ4v) is 2.44. The van der Waals surface area contributed by atoms with E-state index >= 15 is 0 Å². The van der Waals surface area contributed by atoms with Gasteiger partial charge in [-0.1, -0.05) is 42.5 Å². The minimum atomic E-state index is -0.454. The van der Waals surface area contributed by atoms with Crippen molar-refractivity contribution < 1.29 is 9.72 Å². The van der Waals surface area contributed by atoms with Crippen LogP contribution in [0.15, 0.2) is 54.6 Å². The van der Waals surface area contributed by atoms with Gasteiger partial charge in [-0.15, -0.1) is 12.4 Å². The Morgan fingerprint density at radius 2 is 1.76 bits per heavy atom. The van der Waals surface area contributed by atoms with Crippen molar-refractivity contribution in [2.24, 2.45) is 5.73 Å². The van der Waals surface area contributed by atoms with E-state index < -0.39 is 4.92 Å². The molecule has 134 valence electrons. The third kappa shape index (κ3) is 6.52. The molecule has 1 amide bonds. The molecule has 0 spiro atoms. The quantitative estimate of drug-likeness (QED) is 0.576. The van der Waals surface area contributed by atoms with Crippen LogP contribution in [0.1, 0.15) is 17.5 Å². The Bertz CT molecular complexity index is 695. The average molecular weight is 364 g/mol. The Hall–Kier alpha value is -2.44. The van der Waals surface area contributed by atoms with Gasteiger partial charge in [0.05, 0.1) is 11.3 Å². The second-order valence-corrected chi connectivity index (χ2v) is 5.55. The molecule has 25 heavy (non-hydrogen) atoms. The number of amides is 1. The van der Waals surface area contributed by atoms with Gasteiger partial charge in [0.15, 0.2) is 0 Å². The molecule has 0 saturated carbocycles. The van der Waals surface area contributed by atoms with Crippen LogP contribution in [-0.4, -0.2) is 28.8 Å². The van der Waals surface area contributed by atoms with E-state index in [1.165, 1.54) is 12.1 Å². The number of rotatable bonds is 8. The SMILES string of the molecule is Cl.NCCCN(Cc1ccccc1)C(=O)Cc1cccc([N+](=O)[O-])c1. The maximum Gasteiger partial charge on any atom is 0.269 e. The summed E-state index contributed by atoms with van der Waals surface area (Å²) >= 11 is 0. The number of non-ortho nitro benzene ring substituents is 1. The summed E-state index contributed by atoms with van der Waals surface area (Å²) in [7, 11) is 0. The number of halogens is 1. The maximum atomic E-state index is 12.6. The molecular weight excluding hydrogens is 342 g/mol. The first kappa shape index (κ1) is 20.6. The topological polar surface area (TPSA) is 89.5 Å². The molecule has 2 aromatic carbocycles. The van der Waals surface area contributed by atoms with Gasteiger partial charge in [0, 0.05) is 25.2 Å². The van der Waals surface area contributed by atoms with Crippen LogP contribution in [0.5, 0.6) is 0 Å². The van der Waals surface area contributed by atoms with Gasteiger partial charge in [0.2, 0.25) is 5.91 Å². The summed E-state index contributed by atoms with van der Waals surface area (Å²) in [5.74, 6) is -0.0622. The van der Waals surface area contributed by atoms with Crippen molar-refractivity contribution in [3.8, 4) is 0 Å². The lowest BCUT2D eigenvalue weighted by Crippen LogP contribution is -2.33. The van der Waals surface area contributed by atoms with Crippen LogP contribution in [0.4, 0.5) is 5.69 Å². The number of hydrogen-bond donors (Lipinski definition) is 1. The normalized spacial score (nSPS) is 9.96. The molecule has 7 heteroatoms. The van der Waals surface area contributed by atoms with Crippen LogP contribution in [0.25, 0.3) is 0 Å². The largest absolute Gasteiger partial charge is 0.338 e. The Kier molecular flexibility index (Phi) is 8.60. The van der Waals surface area contributed by atoms with Crippen molar-refractivity contribution in [2.45, 2.75) is 19.4 Å². The number of nitro benzene ring substituents is 1. The number of nitro groups is 1. The summed E-state index contributed by atoms with van der Waals surface area (Å²) < 4.78 is 0. The summed E-state index contributed by atoms with van der Waals surface area (Å²) in [5.41, 5.74) is 7.24. The van der Waals surface area contributed by atoms with Crippen LogP contribution in [0, 0.1) is 10.1 Å². The fourth-order valence-electron chi connectivity index (χ4n) is 2.44. The highest BCUT2D eigenvalue weighted by atomic mass is 35.5. The Balaban J connectivity index is 0.00000312. The van der Waals surface area contributed by atoms with Crippen LogP contribution in [0.3, 0.4) is 0 Å². The standard InChI is InChI=1S/C18H21N3O3.ClH/c19-10-5-11-20(14-15-6-2-1-3-7-15)18(22)13-16-8-4-9-17(12-16)21(23)24;/h1-4,6-9,12H,5,10-11,13-14,19H2;1H. The van der Waals surface area contributed by atoms with Gasteiger partial charge in [0.25, 0.3) is 5.69 Å². The first-order chi connectivity index (χ1) is 11.6. The lowest BCUT2D eigenvalue weighted by atomic mass is 10.1. The molecule has 0 saturated heterocycles. The van der Waals surface area contributed by atoms with Gasteiger partial charge in [-0.05, 0) is 24.1 Å². The molecule has 2 aromatic rings. The Labute approximate surface area is 153 Å². The van der Waals surface area contributed by atoms with E-state index in [9.17, 15) is 14.9 Å². The van der Waals surface area contributed by atoms with Crippen LogP contribution < -0.4 is 5.73 Å². The number of carbonyl (C=O) groups excluding carboxylic acids is 1.